The van der Waals surface area contributed by atoms with Crippen LogP contribution in [-0.2, 0) is 11.2 Å². The Kier molecular flexibility index (Phi) is 4.79. The highest BCUT2D eigenvalue weighted by atomic mass is 16.5. The molecule has 0 bridgehead atoms. The second-order valence-electron chi connectivity index (χ2n) is 2.99. The second-order valence-corrected chi connectivity index (χ2v) is 2.99. The zero-order chi connectivity index (χ0) is 10.2. The standard InChI is InChI=1S/C12H16O2/c1-3-9-14-12-6-4-11(5-7-12)8-10-13-2/h3-7H,1,8-10H2,2H3. The molecule has 0 N–H and O–H groups in total. The highest BCUT2D eigenvalue weighted by Gasteiger charge is 1.94. The molecule has 2 heteroatoms. The minimum Gasteiger partial charge on any atom is -0.490 e. The third-order valence-electron chi connectivity index (χ3n) is 1.89. The van der Waals surface area contributed by atoms with Gasteiger partial charge in [0.05, 0.1) is 6.61 Å². The summed E-state index contributed by atoms with van der Waals surface area (Å²) in [6.45, 7) is 4.90. The summed E-state index contributed by atoms with van der Waals surface area (Å²) < 4.78 is 10.4. The Balaban J connectivity index is 2.46. The van der Waals surface area contributed by atoms with Crippen LogP contribution in [0.4, 0.5) is 0 Å². The van der Waals surface area contributed by atoms with Crippen LogP contribution in [0, 0.1) is 0 Å². The predicted molar refractivity (Wildman–Crippen MR) is 57.7 cm³/mol. The molecule has 0 saturated heterocycles. The third-order valence-corrected chi connectivity index (χ3v) is 1.89. The Morgan fingerprint density at radius 1 is 1.29 bits per heavy atom. The number of rotatable bonds is 6. The molecule has 0 unspecified atom stereocenters. The van der Waals surface area contributed by atoms with E-state index in [2.05, 4.69) is 18.7 Å². The molecular formula is C12H16O2. The zero-order valence-corrected chi connectivity index (χ0v) is 8.53. The lowest BCUT2D eigenvalue weighted by Gasteiger charge is -2.04. The average Bonchev–Trinajstić information content (AvgIpc) is 2.25. The van der Waals surface area contributed by atoms with Gasteiger partial charge in [0, 0.05) is 7.11 Å². The van der Waals surface area contributed by atoms with Gasteiger partial charge in [0.2, 0.25) is 0 Å². The van der Waals surface area contributed by atoms with Gasteiger partial charge in [-0.2, -0.15) is 0 Å². The summed E-state index contributed by atoms with van der Waals surface area (Å²) in [6, 6.07) is 8.04. The van der Waals surface area contributed by atoms with E-state index in [0.29, 0.717) is 6.61 Å². The van der Waals surface area contributed by atoms with Crippen LogP contribution in [0.15, 0.2) is 36.9 Å². The van der Waals surface area contributed by atoms with E-state index in [1.165, 1.54) is 5.56 Å². The van der Waals surface area contributed by atoms with E-state index in [1.54, 1.807) is 13.2 Å². The summed E-state index contributed by atoms with van der Waals surface area (Å²) in [4.78, 5) is 0. The number of ether oxygens (including phenoxy) is 2. The van der Waals surface area contributed by atoms with E-state index in [0.717, 1.165) is 18.8 Å². The molecule has 1 aromatic carbocycles. The molecule has 14 heavy (non-hydrogen) atoms. The van der Waals surface area contributed by atoms with E-state index in [4.69, 9.17) is 9.47 Å². The van der Waals surface area contributed by atoms with Crippen LogP contribution in [0.5, 0.6) is 5.75 Å². The molecule has 0 fully saturated rings. The lowest BCUT2D eigenvalue weighted by molar-refractivity contribution is 0.202. The van der Waals surface area contributed by atoms with E-state index in [-0.39, 0.29) is 0 Å². The van der Waals surface area contributed by atoms with Gasteiger partial charge in [-0.3, -0.25) is 0 Å². The SMILES string of the molecule is C=CCOc1ccc(CCOC)cc1. The van der Waals surface area contributed by atoms with E-state index in [1.807, 2.05) is 12.1 Å². The molecule has 2 nitrogen and oxygen atoms in total. The molecule has 0 spiro atoms. The Hall–Kier alpha value is -1.28. The lowest BCUT2D eigenvalue weighted by Crippen LogP contribution is -1.95. The van der Waals surface area contributed by atoms with Crippen molar-refractivity contribution in [1.82, 2.24) is 0 Å². The Bertz CT molecular complexity index is 264. The highest BCUT2D eigenvalue weighted by molar-refractivity contribution is 5.27. The second kappa shape index (κ2) is 6.22. The Morgan fingerprint density at radius 2 is 2.00 bits per heavy atom. The highest BCUT2D eigenvalue weighted by Crippen LogP contribution is 2.12. The van der Waals surface area contributed by atoms with Gasteiger partial charge < -0.3 is 9.47 Å². The van der Waals surface area contributed by atoms with Crippen LogP contribution in [0.2, 0.25) is 0 Å². The molecule has 1 aromatic rings. The van der Waals surface area contributed by atoms with Gasteiger partial charge in [-0.25, -0.2) is 0 Å². The number of hydrogen-bond acceptors (Lipinski definition) is 2. The van der Waals surface area contributed by atoms with Gasteiger partial charge in [0.25, 0.3) is 0 Å². The lowest BCUT2D eigenvalue weighted by atomic mass is 10.1. The first-order chi connectivity index (χ1) is 6.86. The number of hydrogen-bond donors (Lipinski definition) is 0. The summed E-state index contributed by atoms with van der Waals surface area (Å²) in [5.74, 6) is 0.881. The fourth-order valence-corrected chi connectivity index (χ4v) is 1.13. The quantitative estimate of drug-likeness (QED) is 0.644. The largest absolute Gasteiger partial charge is 0.490 e. The first kappa shape index (κ1) is 10.8. The molecule has 0 aliphatic carbocycles. The van der Waals surface area contributed by atoms with Crippen molar-refractivity contribution in [1.29, 1.82) is 0 Å². The van der Waals surface area contributed by atoms with Gasteiger partial charge in [0.15, 0.2) is 0 Å². The fourth-order valence-electron chi connectivity index (χ4n) is 1.13. The van der Waals surface area contributed by atoms with Gasteiger partial charge in [-0.05, 0) is 24.1 Å². The number of benzene rings is 1. The molecule has 0 saturated carbocycles. The van der Waals surface area contributed by atoms with Crippen molar-refractivity contribution >= 4 is 0 Å². The van der Waals surface area contributed by atoms with E-state index >= 15 is 0 Å². The summed E-state index contributed by atoms with van der Waals surface area (Å²) in [5.41, 5.74) is 1.26. The van der Waals surface area contributed by atoms with Crippen LogP contribution in [-0.4, -0.2) is 20.3 Å². The van der Waals surface area contributed by atoms with Crippen molar-refractivity contribution < 1.29 is 9.47 Å². The maximum Gasteiger partial charge on any atom is 0.119 e. The van der Waals surface area contributed by atoms with Gasteiger partial charge in [0.1, 0.15) is 12.4 Å². The van der Waals surface area contributed by atoms with E-state index < -0.39 is 0 Å². The van der Waals surface area contributed by atoms with Gasteiger partial charge in [-0.15, -0.1) is 0 Å². The van der Waals surface area contributed by atoms with Crippen molar-refractivity contribution in [2.45, 2.75) is 6.42 Å². The molecule has 1 rings (SSSR count). The first-order valence-corrected chi connectivity index (χ1v) is 4.68. The summed E-state index contributed by atoms with van der Waals surface area (Å²) in [7, 11) is 1.71. The minimum absolute atomic E-state index is 0.553. The van der Waals surface area contributed by atoms with Crippen molar-refractivity contribution in [3.05, 3.63) is 42.5 Å². The fraction of sp³-hybridized carbons (Fsp3) is 0.333. The minimum atomic E-state index is 0.553. The molecular weight excluding hydrogens is 176 g/mol. The molecule has 0 aliphatic heterocycles. The molecule has 0 aliphatic rings. The van der Waals surface area contributed by atoms with Gasteiger partial charge in [-0.1, -0.05) is 24.8 Å². The Morgan fingerprint density at radius 3 is 2.57 bits per heavy atom. The molecule has 0 radical (unpaired) electrons. The topological polar surface area (TPSA) is 18.5 Å². The van der Waals surface area contributed by atoms with Crippen molar-refractivity contribution in [2.75, 3.05) is 20.3 Å². The normalized spacial score (nSPS) is 9.79. The van der Waals surface area contributed by atoms with Crippen LogP contribution in [0.1, 0.15) is 5.56 Å². The predicted octanol–water partition coefficient (Wildman–Crippen LogP) is 2.44. The van der Waals surface area contributed by atoms with Crippen LogP contribution in [0.25, 0.3) is 0 Å². The molecule has 0 aromatic heterocycles. The van der Waals surface area contributed by atoms with E-state index in [9.17, 15) is 0 Å². The van der Waals surface area contributed by atoms with Crippen LogP contribution >= 0.6 is 0 Å². The average molecular weight is 192 g/mol. The smallest absolute Gasteiger partial charge is 0.119 e. The molecule has 0 atom stereocenters. The van der Waals surface area contributed by atoms with Crippen molar-refractivity contribution in [3.63, 3.8) is 0 Å². The van der Waals surface area contributed by atoms with Gasteiger partial charge >= 0.3 is 0 Å². The summed E-state index contributed by atoms with van der Waals surface area (Å²) in [5, 5.41) is 0. The molecule has 0 amide bonds. The summed E-state index contributed by atoms with van der Waals surface area (Å²) in [6.07, 6.45) is 2.68. The van der Waals surface area contributed by atoms with Crippen LogP contribution < -0.4 is 4.74 Å². The van der Waals surface area contributed by atoms with Crippen molar-refractivity contribution in [3.8, 4) is 5.75 Å². The monoisotopic (exact) mass is 192 g/mol. The summed E-state index contributed by atoms with van der Waals surface area (Å²) >= 11 is 0. The third kappa shape index (κ3) is 3.62. The zero-order valence-electron chi connectivity index (χ0n) is 8.53. The number of methoxy groups -OCH3 is 1. The molecule has 0 heterocycles. The Labute approximate surface area is 85.2 Å². The van der Waals surface area contributed by atoms with Crippen LogP contribution in [0.3, 0.4) is 0 Å². The maximum absolute atomic E-state index is 5.37. The maximum atomic E-state index is 5.37. The van der Waals surface area contributed by atoms with Crippen molar-refractivity contribution in [2.24, 2.45) is 0 Å². The first-order valence-electron chi connectivity index (χ1n) is 4.68. The molecule has 76 valence electrons.